The Bertz CT molecular complexity index is 6630. The lowest BCUT2D eigenvalue weighted by Gasteiger charge is -2.17. The second kappa shape index (κ2) is 40.0. The second-order valence-corrected chi connectivity index (χ2v) is 32.6. The van der Waals surface area contributed by atoms with Gasteiger partial charge in [-0.1, -0.05) is 195 Å². The summed E-state index contributed by atoms with van der Waals surface area (Å²) in [5.74, 6) is 0.923. The van der Waals surface area contributed by atoms with Crippen LogP contribution in [-0.4, -0.2) is 73.4 Å². The molecule has 610 valence electrons. The maximum atomic E-state index is 12.8. The van der Waals surface area contributed by atoms with Crippen molar-refractivity contribution in [1.82, 2.24) is 29.9 Å². The topological polar surface area (TPSA) is 226 Å². The Balaban J connectivity index is 0.000000149. The average Bonchev–Trinajstić information content (AvgIpc) is 0.761. The van der Waals surface area contributed by atoms with Gasteiger partial charge in [-0.05, 0) is 225 Å². The molecule has 0 spiro atoms. The first-order chi connectivity index (χ1) is 56.3. The molecule has 30 heteroatoms. The van der Waals surface area contributed by atoms with E-state index in [1.54, 1.807) is 93.9 Å². The zero-order valence-corrected chi connectivity index (χ0v) is 73.8. The summed E-state index contributed by atoms with van der Waals surface area (Å²) in [6, 6.07) is 62.4. The molecule has 6 aromatic heterocycles. The number of pyridine rings is 6. The van der Waals surface area contributed by atoms with Crippen LogP contribution in [0.25, 0.3) is 105 Å². The molecule has 0 saturated heterocycles. The first-order valence-corrected chi connectivity index (χ1v) is 41.1. The number of nitrogen functional groups attached to an aromatic ring is 1. The van der Waals surface area contributed by atoms with Crippen molar-refractivity contribution >= 4 is 219 Å². The summed E-state index contributed by atoms with van der Waals surface area (Å²) >= 11 is 62.9. The third kappa shape index (κ3) is 22.8. The van der Waals surface area contributed by atoms with Gasteiger partial charge in [-0.25, -0.2) is 0 Å². The number of rotatable bonds is 8. The average molecular weight is 1890 g/mol. The molecule has 0 aliphatic heterocycles. The van der Waals surface area contributed by atoms with E-state index in [2.05, 4.69) is 62.7 Å². The minimum absolute atomic E-state index is 0.0600. The van der Waals surface area contributed by atoms with Crippen LogP contribution in [0.15, 0.2) is 223 Å². The van der Waals surface area contributed by atoms with Crippen molar-refractivity contribution in [3.05, 3.63) is 313 Å². The first kappa shape index (κ1) is 91.4. The van der Waals surface area contributed by atoms with E-state index in [1.165, 1.54) is 30.3 Å². The van der Waals surface area contributed by atoms with Gasteiger partial charge >= 0.3 is 15.6 Å². The summed E-state index contributed by atoms with van der Waals surface area (Å²) in [6.45, 7) is 15.3. The number of halogens is 14. The van der Waals surface area contributed by atoms with E-state index in [4.69, 9.17) is 131 Å². The van der Waals surface area contributed by atoms with Crippen LogP contribution in [0.5, 0.6) is 34.5 Å². The number of hydrogen-bond acceptors (Lipinski definition) is 15. The molecule has 0 fully saturated rings. The molecule has 0 saturated carbocycles. The Labute approximate surface area is 741 Å². The standard InChI is InChI=1S/C18H13Cl2N.C17H10Cl2F3NO3S.C16H11Cl2NO.C11H10ClNO.C10H7BrClNO.C10H8ClNO.C7H8ClNO/c1-3-14-16(20)10-17-15(9-4-11(2)21-17)18(14)12-5-7-13(19)8-6-12;1-9-2-7-12-14(23-9)8-13(19)16(26-27(24,25)17(20,21)22)15(12)10-3-5-11(18)6-4-10;1-9-2-7-12-14(19-9)8-13(18)16(20)15(12)10-3-5-11(17)6-4-10;1-7-3-4-8-5-11(14-2)9(12)6-10(8)13-7;1-5-2-3-6-8(13-5)4-7(12)10(14)9(6)11;1-6-2-3-7-4-10(13)8(11)5-9(7)12-6;1-10-7-3-2-5(9)4-6(7)8/h3-10H,1H2,2H3;2-8H,1H3;2-8,20H,1H3;3-6H,1-2H3;2-4,14H,1H3;2-5,13H,1H3;2-4H,9H2,1H3. The van der Waals surface area contributed by atoms with E-state index in [0.29, 0.717) is 94.6 Å². The van der Waals surface area contributed by atoms with Gasteiger partial charge < -0.3 is 34.7 Å². The monoisotopic (exact) mass is 1880 g/mol. The van der Waals surface area contributed by atoms with Gasteiger partial charge in [0, 0.05) is 104 Å². The Kier molecular flexibility index (Phi) is 30.7. The van der Waals surface area contributed by atoms with Crippen molar-refractivity contribution in [3.8, 4) is 67.9 Å². The van der Waals surface area contributed by atoms with Crippen LogP contribution < -0.4 is 19.4 Å². The van der Waals surface area contributed by atoms with E-state index in [-0.39, 0.29) is 27.8 Å². The van der Waals surface area contributed by atoms with Gasteiger partial charge in [-0.2, -0.15) is 21.6 Å². The predicted molar refractivity (Wildman–Crippen MR) is 488 cm³/mol. The smallest absolute Gasteiger partial charge is 0.506 e. The van der Waals surface area contributed by atoms with E-state index in [1.807, 2.05) is 144 Å². The van der Waals surface area contributed by atoms with Crippen LogP contribution >= 0.6 is 132 Å². The summed E-state index contributed by atoms with van der Waals surface area (Å²) in [6.07, 6.45) is 1.78. The number of aromatic nitrogens is 6. The fraction of sp³-hybridized carbons (Fsp3) is 0.101. The summed E-state index contributed by atoms with van der Waals surface area (Å²) in [4.78, 5) is 26.3. The second-order valence-electron chi connectivity index (χ2n) is 26.1. The molecule has 15 nitrogen and oxygen atoms in total. The number of ether oxygens (including phenoxy) is 2. The van der Waals surface area contributed by atoms with Crippen LogP contribution in [0.3, 0.4) is 0 Å². The highest BCUT2D eigenvalue weighted by Crippen LogP contribution is 2.47. The number of aromatic hydroxyl groups is 3. The highest BCUT2D eigenvalue weighted by atomic mass is 79.9. The molecule has 10 aromatic carbocycles. The number of hydrogen-bond donors (Lipinski definition) is 4. The van der Waals surface area contributed by atoms with Crippen LogP contribution in [0.1, 0.15) is 39.7 Å². The molecule has 0 unspecified atom stereocenters. The molecule has 0 aliphatic carbocycles. The number of nitrogens with zero attached hydrogens (tertiary/aromatic N) is 6. The molecular weight excluding hydrogens is 1820 g/mol. The van der Waals surface area contributed by atoms with Gasteiger partial charge in [-0.3, -0.25) is 29.9 Å². The fourth-order valence-corrected chi connectivity index (χ4v) is 14.9. The minimum atomic E-state index is -5.92. The van der Waals surface area contributed by atoms with Gasteiger partial charge in [0.15, 0.2) is 5.75 Å². The number of benzene rings is 10. The number of aryl methyl sites for hydroxylation is 6. The van der Waals surface area contributed by atoms with E-state index in [9.17, 15) is 36.9 Å². The van der Waals surface area contributed by atoms with Crippen molar-refractivity contribution in [2.75, 3.05) is 20.0 Å². The summed E-state index contributed by atoms with van der Waals surface area (Å²) in [5, 5.41) is 38.4. The summed E-state index contributed by atoms with van der Waals surface area (Å²) < 4.78 is 76.6. The van der Waals surface area contributed by atoms with Crippen molar-refractivity contribution in [3.63, 3.8) is 0 Å². The normalized spacial score (nSPS) is 11.0. The number of phenolic OH excluding ortho intramolecular Hbond substituents is 3. The van der Waals surface area contributed by atoms with Gasteiger partial charge in [0.25, 0.3) is 0 Å². The Morgan fingerprint density at radius 2 is 0.748 bits per heavy atom. The van der Waals surface area contributed by atoms with Crippen molar-refractivity contribution in [1.29, 1.82) is 0 Å². The number of anilines is 1. The molecule has 119 heavy (non-hydrogen) atoms. The third-order valence-electron chi connectivity index (χ3n) is 17.5. The van der Waals surface area contributed by atoms with Crippen molar-refractivity contribution in [2.24, 2.45) is 0 Å². The molecule has 16 aromatic rings. The lowest BCUT2D eigenvalue weighted by molar-refractivity contribution is -0.0499. The molecule has 0 bridgehead atoms. The summed E-state index contributed by atoms with van der Waals surface area (Å²) in [5.41, 5.74) is 15.3. The van der Waals surface area contributed by atoms with Crippen LogP contribution in [0.4, 0.5) is 18.9 Å². The van der Waals surface area contributed by atoms with Crippen LogP contribution in [0, 0.1) is 41.5 Å². The largest absolute Gasteiger partial charge is 0.534 e. The third-order valence-corrected chi connectivity index (χ3v) is 22.1. The van der Waals surface area contributed by atoms with Crippen molar-refractivity contribution in [2.45, 2.75) is 47.1 Å². The van der Waals surface area contributed by atoms with Crippen molar-refractivity contribution < 1.29 is 50.6 Å². The molecule has 0 radical (unpaired) electrons. The van der Waals surface area contributed by atoms with Gasteiger partial charge in [0.1, 0.15) is 28.7 Å². The fourth-order valence-electron chi connectivity index (χ4n) is 11.8. The van der Waals surface area contributed by atoms with E-state index in [0.717, 1.165) is 105 Å². The maximum Gasteiger partial charge on any atom is 0.534 e. The Hall–Kier alpha value is -9.88. The predicted octanol–water partition coefficient (Wildman–Crippen LogP) is 28.8. The number of fused-ring (bicyclic) bond motifs is 6. The molecule has 0 amide bonds. The number of phenols is 3. The Morgan fingerprint density at radius 3 is 1.19 bits per heavy atom. The SMILES string of the molecule is C=Cc1c(Cl)cc2nc(C)ccc2c1-c1ccc(Cl)cc1.COc1cc2ccc(C)nc2cc1Cl.COc1ccc(N)cc1Cl.Cc1ccc2c(-c3ccc(Cl)cc3)c(O)c(Cl)cc2n1.Cc1ccc2c(-c3ccc(Cl)cc3)c(OS(=O)(=O)C(F)(F)F)c(Cl)cc2n1.Cc1ccc2c(Br)c(O)c(Cl)cc2n1.Cc1ccc2cc(O)c(Cl)cc2n1. The van der Waals surface area contributed by atoms with Gasteiger partial charge in [0.05, 0.1) is 87.0 Å². The molecular formula is C89H67BrCl10F3N7O8S. The zero-order chi connectivity index (χ0) is 86.6. The Morgan fingerprint density at radius 1 is 0.395 bits per heavy atom. The molecule has 16 rings (SSSR count). The first-order valence-electron chi connectivity index (χ1n) is 35.2. The lowest BCUT2D eigenvalue weighted by atomic mass is 9.95. The van der Waals surface area contributed by atoms with Gasteiger partial charge in [-0.15, -0.1) is 0 Å². The molecule has 0 atom stereocenters. The van der Waals surface area contributed by atoms with Crippen LogP contribution in [0.2, 0.25) is 50.2 Å². The molecule has 6 heterocycles. The maximum absolute atomic E-state index is 12.8. The summed E-state index contributed by atoms with van der Waals surface area (Å²) in [7, 11) is -2.75. The number of alkyl halides is 3. The van der Waals surface area contributed by atoms with E-state index < -0.39 is 21.4 Å². The minimum Gasteiger partial charge on any atom is -0.506 e. The zero-order valence-electron chi connectivity index (χ0n) is 63.8. The number of nitrogens with two attached hydrogens (primary N) is 1. The van der Waals surface area contributed by atoms with Crippen LogP contribution in [-0.2, 0) is 10.1 Å². The van der Waals surface area contributed by atoms with E-state index >= 15 is 0 Å². The number of methoxy groups -OCH3 is 2. The quantitative estimate of drug-likeness (QED) is 0.0630. The molecule has 5 N–H and O–H groups in total. The lowest BCUT2D eigenvalue weighted by Crippen LogP contribution is -2.28. The highest BCUT2D eigenvalue weighted by Gasteiger charge is 2.49. The molecule has 0 aliphatic rings. The highest BCUT2D eigenvalue weighted by molar-refractivity contribution is 9.10. The van der Waals surface area contributed by atoms with Gasteiger partial charge in [0.2, 0.25) is 0 Å².